The first-order valence-corrected chi connectivity index (χ1v) is 10.8. The molecule has 31 heavy (non-hydrogen) atoms. The summed E-state index contributed by atoms with van der Waals surface area (Å²) in [5.41, 5.74) is 2.07. The summed E-state index contributed by atoms with van der Waals surface area (Å²) in [4.78, 5) is 28.8. The smallest absolute Gasteiger partial charge is 0.294 e. The van der Waals surface area contributed by atoms with Crippen LogP contribution < -0.4 is 4.90 Å². The fourth-order valence-corrected chi connectivity index (χ4v) is 4.86. The van der Waals surface area contributed by atoms with Crippen LogP contribution in [0.1, 0.15) is 27.0 Å². The SMILES string of the molecule is Cc1cccc(N2C(=O)C(O)=C(C(=O)c3cc4cc(Cl)ccc4o3)C2c2cccs2)c1. The van der Waals surface area contributed by atoms with E-state index in [1.807, 2.05) is 42.6 Å². The average Bonchev–Trinajstić information content (AvgIpc) is 3.46. The molecule has 0 bridgehead atoms. The van der Waals surface area contributed by atoms with Gasteiger partial charge in [-0.15, -0.1) is 11.3 Å². The number of ketones is 1. The van der Waals surface area contributed by atoms with Crippen molar-refractivity contribution in [2.75, 3.05) is 4.90 Å². The van der Waals surface area contributed by atoms with E-state index in [0.717, 1.165) is 10.4 Å². The lowest BCUT2D eigenvalue weighted by Gasteiger charge is -2.25. The van der Waals surface area contributed by atoms with Crippen LogP contribution in [0.4, 0.5) is 5.69 Å². The van der Waals surface area contributed by atoms with Gasteiger partial charge in [-0.25, -0.2) is 0 Å². The number of hydrogen-bond acceptors (Lipinski definition) is 5. The number of amides is 1. The molecule has 2 aromatic heterocycles. The molecule has 0 saturated carbocycles. The molecular formula is C24H16ClNO4S. The number of Topliss-reactive ketones (excluding diaryl/α,β-unsaturated/α-hetero) is 1. The minimum absolute atomic E-state index is 0.000825. The maximum atomic E-state index is 13.5. The minimum atomic E-state index is -0.751. The van der Waals surface area contributed by atoms with E-state index < -0.39 is 23.5 Å². The summed E-state index contributed by atoms with van der Waals surface area (Å²) in [6.07, 6.45) is 0. The molecule has 0 radical (unpaired) electrons. The van der Waals surface area contributed by atoms with E-state index in [1.165, 1.54) is 16.2 Å². The summed E-state index contributed by atoms with van der Waals surface area (Å²) in [6, 6.07) is 17.0. The molecule has 154 valence electrons. The fourth-order valence-electron chi connectivity index (χ4n) is 3.86. The predicted molar refractivity (Wildman–Crippen MR) is 121 cm³/mol. The second kappa shape index (κ2) is 7.41. The highest BCUT2D eigenvalue weighted by molar-refractivity contribution is 7.10. The number of aliphatic hydroxyl groups excluding tert-OH is 1. The Morgan fingerprint density at radius 1 is 1.13 bits per heavy atom. The van der Waals surface area contributed by atoms with Crippen LogP contribution in [0.3, 0.4) is 0 Å². The van der Waals surface area contributed by atoms with Gasteiger partial charge in [-0.05, 0) is 60.3 Å². The largest absolute Gasteiger partial charge is 0.503 e. The third kappa shape index (κ3) is 3.24. The second-order valence-electron chi connectivity index (χ2n) is 7.32. The van der Waals surface area contributed by atoms with Crippen molar-refractivity contribution in [2.24, 2.45) is 0 Å². The number of thiophene rings is 1. The van der Waals surface area contributed by atoms with Crippen LogP contribution >= 0.6 is 22.9 Å². The second-order valence-corrected chi connectivity index (χ2v) is 8.73. The normalized spacial score (nSPS) is 16.5. The molecule has 1 aliphatic heterocycles. The molecule has 1 atom stereocenters. The first kappa shape index (κ1) is 19.6. The maximum absolute atomic E-state index is 13.5. The number of aliphatic hydroxyl groups is 1. The molecule has 2 aromatic carbocycles. The lowest BCUT2D eigenvalue weighted by Crippen LogP contribution is -2.30. The molecule has 0 aliphatic carbocycles. The van der Waals surface area contributed by atoms with Crippen LogP contribution in [-0.2, 0) is 4.79 Å². The molecule has 0 spiro atoms. The van der Waals surface area contributed by atoms with Crippen molar-refractivity contribution in [3.8, 4) is 0 Å². The Kier molecular flexibility index (Phi) is 4.68. The van der Waals surface area contributed by atoms with E-state index >= 15 is 0 Å². The maximum Gasteiger partial charge on any atom is 0.294 e. The van der Waals surface area contributed by atoms with Crippen LogP contribution in [0.25, 0.3) is 11.0 Å². The van der Waals surface area contributed by atoms with Gasteiger partial charge in [-0.1, -0.05) is 29.8 Å². The Hall–Kier alpha value is -3.35. The highest BCUT2D eigenvalue weighted by atomic mass is 35.5. The first-order chi connectivity index (χ1) is 14.9. The zero-order valence-corrected chi connectivity index (χ0v) is 17.9. The van der Waals surface area contributed by atoms with Crippen molar-refractivity contribution in [2.45, 2.75) is 13.0 Å². The van der Waals surface area contributed by atoms with Gasteiger partial charge in [-0.2, -0.15) is 0 Å². The highest BCUT2D eigenvalue weighted by Gasteiger charge is 2.45. The number of furan rings is 1. The number of carbonyl (C=O) groups is 2. The van der Waals surface area contributed by atoms with Crippen LogP contribution in [0.5, 0.6) is 0 Å². The molecular weight excluding hydrogens is 434 g/mol. The molecule has 0 saturated heterocycles. The van der Waals surface area contributed by atoms with E-state index in [1.54, 1.807) is 30.3 Å². The molecule has 3 heterocycles. The number of carbonyl (C=O) groups excluding carboxylic acids is 2. The molecule has 1 unspecified atom stereocenters. The van der Waals surface area contributed by atoms with E-state index in [9.17, 15) is 14.7 Å². The van der Waals surface area contributed by atoms with E-state index in [0.29, 0.717) is 21.7 Å². The first-order valence-electron chi connectivity index (χ1n) is 9.54. The van der Waals surface area contributed by atoms with Crippen molar-refractivity contribution in [3.63, 3.8) is 0 Å². The van der Waals surface area contributed by atoms with Crippen LogP contribution in [0.2, 0.25) is 5.02 Å². The Morgan fingerprint density at radius 3 is 2.71 bits per heavy atom. The van der Waals surface area contributed by atoms with Crippen LogP contribution in [-0.4, -0.2) is 16.8 Å². The van der Waals surface area contributed by atoms with Gasteiger partial charge >= 0.3 is 0 Å². The third-order valence-electron chi connectivity index (χ3n) is 5.25. The minimum Gasteiger partial charge on any atom is -0.503 e. The molecule has 0 fully saturated rings. The van der Waals surface area contributed by atoms with Crippen molar-refractivity contribution in [1.29, 1.82) is 0 Å². The fraction of sp³-hybridized carbons (Fsp3) is 0.0833. The van der Waals surface area contributed by atoms with E-state index in [4.69, 9.17) is 16.0 Å². The molecule has 5 rings (SSSR count). The zero-order valence-electron chi connectivity index (χ0n) is 16.3. The molecule has 1 N–H and O–H groups in total. The Balaban J connectivity index is 1.64. The number of aryl methyl sites for hydroxylation is 1. The molecule has 4 aromatic rings. The quantitative estimate of drug-likeness (QED) is 0.374. The lowest BCUT2D eigenvalue weighted by molar-refractivity contribution is -0.117. The average molecular weight is 450 g/mol. The molecule has 1 amide bonds. The lowest BCUT2D eigenvalue weighted by atomic mass is 10.00. The third-order valence-corrected chi connectivity index (χ3v) is 6.41. The molecule has 5 nitrogen and oxygen atoms in total. The van der Waals surface area contributed by atoms with Gasteiger partial charge in [0.1, 0.15) is 11.6 Å². The summed E-state index contributed by atoms with van der Waals surface area (Å²) in [5, 5.41) is 13.8. The number of hydrogen-bond donors (Lipinski definition) is 1. The van der Waals surface area contributed by atoms with Crippen molar-refractivity contribution < 1.29 is 19.1 Å². The number of benzene rings is 2. The number of anilines is 1. The Morgan fingerprint density at radius 2 is 1.97 bits per heavy atom. The van der Waals surface area contributed by atoms with Gasteiger partial charge in [0.25, 0.3) is 5.91 Å². The predicted octanol–water partition coefficient (Wildman–Crippen LogP) is 6.24. The highest BCUT2D eigenvalue weighted by Crippen LogP contribution is 2.43. The standard InChI is InChI=1S/C24H16ClNO4S/c1-13-4-2-5-16(10-13)26-21(19-6-3-9-31-19)20(23(28)24(26)29)22(27)18-12-14-11-15(25)7-8-17(14)30-18/h2-12,21,28H,1H3. The van der Waals surface area contributed by atoms with Gasteiger partial charge in [0.2, 0.25) is 5.78 Å². The summed E-state index contributed by atoms with van der Waals surface area (Å²) < 4.78 is 5.73. The topological polar surface area (TPSA) is 70.8 Å². The number of fused-ring (bicyclic) bond motifs is 1. The Labute approximate surface area is 186 Å². The van der Waals surface area contributed by atoms with Crippen molar-refractivity contribution in [1.82, 2.24) is 0 Å². The van der Waals surface area contributed by atoms with Gasteiger partial charge in [-0.3, -0.25) is 14.5 Å². The van der Waals surface area contributed by atoms with Gasteiger partial charge in [0, 0.05) is 21.0 Å². The zero-order chi connectivity index (χ0) is 21.7. The van der Waals surface area contributed by atoms with Gasteiger partial charge < -0.3 is 9.52 Å². The van der Waals surface area contributed by atoms with Crippen LogP contribution in [0.15, 0.2) is 81.8 Å². The Bertz CT molecular complexity index is 1370. The number of halogens is 1. The van der Waals surface area contributed by atoms with Crippen molar-refractivity contribution in [3.05, 3.63) is 98.6 Å². The van der Waals surface area contributed by atoms with E-state index in [2.05, 4.69) is 0 Å². The van der Waals surface area contributed by atoms with E-state index in [-0.39, 0.29) is 11.3 Å². The summed E-state index contributed by atoms with van der Waals surface area (Å²) in [5.74, 6) is -1.68. The van der Waals surface area contributed by atoms with Gasteiger partial charge in [0.05, 0.1) is 5.57 Å². The summed E-state index contributed by atoms with van der Waals surface area (Å²) >= 11 is 7.45. The summed E-state index contributed by atoms with van der Waals surface area (Å²) in [6.45, 7) is 1.92. The number of rotatable bonds is 4. The summed E-state index contributed by atoms with van der Waals surface area (Å²) in [7, 11) is 0. The number of nitrogens with zero attached hydrogens (tertiary/aromatic N) is 1. The van der Waals surface area contributed by atoms with Crippen molar-refractivity contribution >= 4 is 51.3 Å². The van der Waals surface area contributed by atoms with Crippen LogP contribution in [0, 0.1) is 6.92 Å². The van der Waals surface area contributed by atoms with Gasteiger partial charge in [0.15, 0.2) is 11.5 Å². The monoisotopic (exact) mass is 449 g/mol. The molecule has 1 aliphatic rings. The molecule has 7 heteroatoms.